The van der Waals surface area contributed by atoms with E-state index in [4.69, 9.17) is 0 Å². The van der Waals surface area contributed by atoms with E-state index in [9.17, 15) is 23.4 Å². The van der Waals surface area contributed by atoms with Gasteiger partial charge in [-0.15, -0.1) is 0 Å². The van der Waals surface area contributed by atoms with Crippen LogP contribution in [0.3, 0.4) is 0 Å². The van der Waals surface area contributed by atoms with Gasteiger partial charge in [0.15, 0.2) is 0 Å². The Labute approximate surface area is 179 Å². The monoisotopic (exact) mass is 441 g/mol. The number of sulfonamides is 1. The molecular formula is C21H35N3O5S. The number of hydrogen-bond acceptors (Lipinski definition) is 6. The Bertz CT molecular complexity index is 738. The van der Waals surface area contributed by atoms with Gasteiger partial charge in [-0.2, -0.15) is 0 Å². The number of aliphatic hydroxyl groups excluding tert-OH is 2. The number of pyridine rings is 1. The number of rotatable bonds is 12. The van der Waals surface area contributed by atoms with E-state index in [0.29, 0.717) is 30.9 Å². The van der Waals surface area contributed by atoms with Crippen LogP contribution >= 0.6 is 0 Å². The van der Waals surface area contributed by atoms with E-state index >= 15 is 0 Å². The molecule has 0 saturated heterocycles. The molecule has 170 valence electrons. The molecule has 1 fully saturated rings. The molecule has 30 heavy (non-hydrogen) atoms. The summed E-state index contributed by atoms with van der Waals surface area (Å²) in [6.45, 7) is 2.25. The molecule has 1 aromatic heterocycles. The predicted octanol–water partition coefficient (Wildman–Crippen LogP) is 1.59. The molecule has 1 heterocycles. The van der Waals surface area contributed by atoms with Gasteiger partial charge in [0.25, 0.3) is 5.91 Å². The zero-order valence-corrected chi connectivity index (χ0v) is 18.5. The van der Waals surface area contributed by atoms with Crippen LogP contribution in [0.2, 0.25) is 0 Å². The fourth-order valence-corrected chi connectivity index (χ4v) is 5.09. The van der Waals surface area contributed by atoms with Gasteiger partial charge in [-0.3, -0.25) is 9.78 Å². The third kappa shape index (κ3) is 8.29. The molecule has 9 heteroatoms. The number of aromatic nitrogens is 1. The molecule has 1 amide bonds. The highest BCUT2D eigenvalue weighted by atomic mass is 32.2. The predicted molar refractivity (Wildman–Crippen MR) is 115 cm³/mol. The summed E-state index contributed by atoms with van der Waals surface area (Å²) in [6.07, 6.45) is 7.50. The van der Waals surface area contributed by atoms with Crippen LogP contribution in [0, 0.1) is 5.92 Å². The molecular weight excluding hydrogens is 406 g/mol. The van der Waals surface area contributed by atoms with Gasteiger partial charge in [-0.05, 0) is 30.9 Å². The zero-order valence-electron chi connectivity index (χ0n) is 17.7. The fraction of sp³-hybridized carbons (Fsp3) is 0.714. The van der Waals surface area contributed by atoms with Crippen LogP contribution in [0.5, 0.6) is 0 Å². The highest BCUT2D eigenvalue weighted by molar-refractivity contribution is 7.89. The topological polar surface area (TPSA) is 129 Å². The Balaban J connectivity index is 2.06. The first kappa shape index (κ1) is 24.7. The molecule has 2 rings (SSSR count). The summed E-state index contributed by atoms with van der Waals surface area (Å²) in [5.74, 6) is -0.694. The van der Waals surface area contributed by atoms with E-state index in [-0.39, 0.29) is 0 Å². The van der Waals surface area contributed by atoms with Gasteiger partial charge >= 0.3 is 0 Å². The van der Waals surface area contributed by atoms with Crippen molar-refractivity contribution in [3.05, 3.63) is 30.1 Å². The number of amides is 1. The molecule has 1 aromatic rings. The van der Waals surface area contributed by atoms with Gasteiger partial charge < -0.3 is 15.5 Å². The molecule has 8 nitrogen and oxygen atoms in total. The van der Waals surface area contributed by atoms with Crippen LogP contribution in [-0.2, 0) is 10.0 Å². The van der Waals surface area contributed by atoms with Crippen LogP contribution in [0.1, 0.15) is 68.6 Å². The number of aliphatic hydroxyl groups is 2. The minimum Gasteiger partial charge on any atom is -0.389 e. The second kappa shape index (κ2) is 12.3. The van der Waals surface area contributed by atoms with Crippen molar-refractivity contribution in [1.29, 1.82) is 0 Å². The molecule has 0 aromatic carbocycles. The van der Waals surface area contributed by atoms with Crippen LogP contribution < -0.4 is 10.0 Å². The van der Waals surface area contributed by atoms with Gasteiger partial charge in [0.1, 0.15) is 6.10 Å². The summed E-state index contributed by atoms with van der Waals surface area (Å²) in [5, 5.41) is 24.0. The number of carbonyl (C=O) groups is 1. The van der Waals surface area contributed by atoms with Crippen LogP contribution in [-0.4, -0.2) is 60.1 Å². The van der Waals surface area contributed by atoms with E-state index in [1.807, 2.05) is 6.92 Å². The lowest BCUT2D eigenvalue weighted by atomic mass is 9.83. The third-order valence-electron chi connectivity index (χ3n) is 5.60. The summed E-state index contributed by atoms with van der Waals surface area (Å²) in [7, 11) is -3.73. The Morgan fingerprint density at radius 1 is 1.27 bits per heavy atom. The lowest BCUT2D eigenvalue weighted by Gasteiger charge is -2.32. The van der Waals surface area contributed by atoms with Gasteiger partial charge in [0.2, 0.25) is 10.0 Å². The Morgan fingerprint density at radius 2 is 2.00 bits per heavy atom. The van der Waals surface area contributed by atoms with Crippen molar-refractivity contribution < 1.29 is 23.4 Å². The van der Waals surface area contributed by atoms with Crippen LogP contribution in [0.15, 0.2) is 24.5 Å². The average molecular weight is 442 g/mol. The largest absolute Gasteiger partial charge is 0.389 e. The van der Waals surface area contributed by atoms with Gasteiger partial charge in [0.05, 0.1) is 23.5 Å². The molecule has 1 saturated carbocycles. The Hall–Kier alpha value is -1.55. The second-order valence-corrected chi connectivity index (χ2v) is 10.0. The molecule has 3 atom stereocenters. The van der Waals surface area contributed by atoms with E-state index in [0.717, 1.165) is 32.1 Å². The lowest BCUT2D eigenvalue weighted by Crippen LogP contribution is -2.52. The minimum atomic E-state index is -3.73. The first-order valence-corrected chi connectivity index (χ1v) is 12.5. The minimum absolute atomic E-state index is 0.297. The van der Waals surface area contributed by atoms with Crippen molar-refractivity contribution in [1.82, 2.24) is 15.0 Å². The molecule has 0 aliphatic heterocycles. The van der Waals surface area contributed by atoms with Gasteiger partial charge in [0, 0.05) is 18.9 Å². The summed E-state index contributed by atoms with van der Waals surface area (Å²) in [6, 6.07) is 2.51. The third-order valence-corrected chi connectivity index (χ3v) is 7.03. The number of hydrogen-bond donors (Lipinski definition) is 4. The molecule has 0 radical (unpaired) electrons. The molecule has 0 spiro atoms. The fourth-order valence-electron chi connectivity index (χ4n) is 3.87. The highest BCUT2D eigenvalue weighted by Crippen LogP contribution is 2.28. The van der Waals surface area contributed by atoms with Crippen molar-refractivity contribution in [3.8, 4) is 0 Å². The second-order valence-electron chi connectivity index (χ2n) is 8.15. The average Bonchev–Trinajstić information content (AvgIpc) is 2.73. The number of carbonyl (C=O) groups excluding carboxylic acids is 1. The zero-order chi connectivity index (χ0) is 22.0. The summed E-state index contributed by atoms with van der Waals surface area (Å²) in [5.41, 5.74) is 0.349. The molecule has 0 bridgehead atoms. The number of nitrogens with zero attached hydrogens (tertiary/aromatic N) is 1. The SMILES string of the molecule is CCCCNS(=O)(=O)C[C@@H](O)[C@H](O)[C@H](CC1CCCCC1)NC(=O)c1cccnc1. The smallest absolute Gasteiger partial charge is 0.253 e. The lowest BCUT2D eigenvalue weighted by molar-refractivity contribution is 0.00200. The van der Waals surface area contributed by atoms with E-state index in [1.54, 1.807) is 18.3 Å². The van der Waals surface area contributed by atoms with Crippen LogP contribution in [0.4, 0.5) is 0 Å². The van der Waals surface area contributed by atoms with Crippen LogP contribution in [0.25, 0.3) is 0 Å². The first-order chi connectivity index (χ1) is 14.3. The Morgan fingerprint density at radius 3 is 2.63 bits per heavy atom. The first-order valence-electron chi connectivity index (χ1n) is 10.9. The van der Waals surface area contributed by atoms with E-state index in [1.165, 1.54) is 12.6 Å². The summed E-state index contributed by atoms with van der Waals surface area (Å²) >= 11 is 0. The molecule has 4 N–H and O–H groups in total. The summed E-state index contributed by atoms with van der Waals surface area (Å²) < 4.78 is 26.8. The van der Waals surface area contributed by atoms with Gasteiger partial charge in [-0.1, -0.05) is 45.4 Å². The van der Waals surface area contributed by atoms with Crippen molar-refractivity contribution >= 4 is 15.9 Å². The maximum Gasteiger partial charge on any atom is 0.253 e. The van der Waals surface area contributed by atoms with Crippen molar-refractivity contribution in [2.75, 3.05) is 12.3 Å². The van der Waals surface area contributed by atoms with Crippen molar-refractivity contribution in [3.63, 3.8) is 0 Å². The number of unbranched alkanes of at least 4 members (excludes halogenated alkanes) is 1. The highest BCUT2D eigenvalue weighted by Gasteiger charge is 2.33. The maximum absolute atomic E-state index is 12.6. The standard InChI is InChI=1S/C21H35N3O5S/c1-2-3-12-23-30(28,29)15-19(25)20(26)18(13-16-8-5-4-6-9-16)24-21(27)17-10-7-11-22-14-17/h7,10-11,14,16,18-20,23,25-26H,2-6,8-9,12-13,15H2,1H3,(H,24,27)/t18-,19+,20+/m0/s1. The molecule has 1 aliphatic carbocycles. The van der Waals surface area contributed by atoms with Crippen molar-refractivity contribution in [2.24, 2.45) is 5.92 Å². The van der Waals surface area contributed by atoms with Crippen molar-refractivity contribution in [2.45, 2.75) is 76.5 Å². The summed E-state index contributed by atoms with van der Waals surface area (Å²) in [4.78, 5) is 16.5. The van der Waals surface area contributed by atoms with Gasteiger partial charge in [-0.25, -0.2) is 13.1 Å². The Kier molecular flexibility index (Phi) is 10.2. The van der Waals surface area contributed by atoms with E-state index in [2.05, 4.69) is 15.0 Å². The molecule has 1 aliphatic rings. The quantitative estimate of drug-likeness (QED) is 0.365. The van der Waals surface area contributed by atoms with E-state index < -0.39 is 39.9 Å². The molecule has 0 unspecified atom stereocenters. The normalized spacial score (nSPS) is 18.5. The number of nitrogens with one attached hydrogen (secondary N) is 2. The maximum atomic E-state index is 12.6.